The van der Waals surface area contributed by atoms with Gasteiger partial charge < -0.3 is 10.1 Å². The van der Waals surface area contributed by atoms with E-state index in [-0.39, 0.29) is 11.9 Å². The molecule has 2 aromatic rings. The monoisotopic (exact) mass is 337 g/mol. The first-order chi connectivity index (χ1) is 12.3. The number of benzene rings is 2. The van der Waals surface area contributed by atoms with Crippen LogP contribution in [0.3, 0.4) is 0 Å². The first kappa shape index (κ1) is 17.7. The van der Waals surface area contributed by atoms with Crippen molar-refractivity contribution in [1.82, 2.24) is 5.32 Å². The molecule has 1 N–H and O–H groups in total. The normalized spacial score (nSPS) is 20.2. The van der Waals surface area contributed by atoms with Crippen LogP contribution in [-0.4, -0.2) is 12.5 Å². The number of hydrogen-bond donors (Lipinski definition) is 1. The quantitative estimate of drug-likeness (QED) is 0.765. The minimum Gasteiger partial charge on any atom is -0.461 e. The minimum absolute atomic E-state index is 0.0282. The molecule has 1 aliphatic rings. The summed E-state index contributed by atoms with van der Waals surface area (Å²) < 4.78 is 5.49. The summed E-state index contributed by atoms with van der Waals surface area (Å²) in [7, 11) is 0. The predicted octanol–water partition coefficient (Wildman–Crippen LogP) is 4.33. The highest BCUT2D eigenvalue weighted by Gasteiger charge is 2.27. The highest BCUT2D eigenvalue weighted by molar-refractivity contribution is 5.72. The molecular weight excluding hydrogens is 310 g/mol. The smallest absolute Gasteiger partial charge is 0.309 e. The summed E-state index contributed by atoms with van der Waals surface area (Å²) in [6.07, 6.45) is 4.11. The van der Waals surface area contributed by atoms with Gasteiger partial charge in [0.1, 0.15) is 6.61 Å². The molecule has 132 valence electrons. The zero-order valence-electron chi connectivity index (χ0n) is 14.7. The first-order valence-corrected chi connectivity index (χ1v) is 9.26. The summed E-state index contributed by atoms with van der Waals surface area (Å²) in [5, 5.41) is 3.55. The van der Waals surface area contributed by atoms with E-state index in [0.29, 0.717) is 12.5 Å². The molecule has 2 aromatic carbocycles. The van der Waals surface area contributed by atoms with Gasteiger partial charge in [0.2, 0.25) is 0 Å². The van der Waals surface area contributed by atoms with Gasteiger partial charge in [-0.15, -0.1) is 0 Å². The van der Waals surface area contributed by atoms with Gasteiger partial charge in [0, 0.05) is 6.54 Å². The number of rotatable bonds is 7. The summed E-state index contributed by atoms with van der Waals surface area (Å²) >= 11 is 0. The lowest BCUT2D eigenvalue weighted by Gasteiger charge is -2.27. The van der Waals surface area contributed by atoms with Crippen LogP contribution in [-0.2, 0) is 22.7 Å². The Morgan fingerprint density at radius 1 is 0.880 bits per heavy atom. The van der Waals surface area contributed by atoms with E-state index in [1.807, 2.05) is 36.4 Å². The van der Waals surface area contributed by atoms with E-state index in [9.17, 15) is 4.79 Å². The third kappa shape index (κ3) is 5.71. The maximum absolute atomic E-state index is 12.2. The van der Waals surface area contributed by atoms with Gasteiger partial charge in [0.25, 0.3) is 0 Å². The van der Waals surface area contributed by atoms with E-state index < -0.39 is 0 Å². The second kappa shape index (κ2) is 9.38. The summed E-state index contributed by atoms with van der Waals surface area (Å²) in [4.78, 5) is 12.2. The van der Waals surface area contributed by atoms with Crippen LogP contribution in [0.15, 0.2) is 60.7 Å². The number of nitrogens with one attached hydrogen (secondary N) is 1. The van der Waals surface area contributed by atoms with Crippen LogP contribution in [0.25, 0.3) is 0 Å². The Hall–Kier alpha value is -2.13. The molecule has 25 heavy (non-hydrogen) atoms. The van der Waals surface area contributed by atoms with Gasteiger partial charge in [-0.25, -0.2) is 0 Å². The number of esters is 1. The van der Waals surface area contributed by atoms with Crippen LogP contribution in [0.1, 0.15) is 36.8 Å². The van der Waals surface area contributed by atoms with Crippen molar-refractivity contribution in [3.63, 3.8) is 0 Å². The van der Waals surface area contributed by atoms with E-state index >= 15 is 0 Å². The Bertz CT molecular complexity index is 634. The number of ether oxygens (including phenoxy) is 1. The zero-order valence-corrected chi connectivity index (χ0v) is 14.7. The van der Waals surface area contributed by atoms with Crippen molar-refractivity contribution in [2.24, 2.45) is 11.8 Å². The molecule has 0 amide bonds. The number of hydrogen-bond acceptors (Lipinski definition) is 3. The van der Waals surface area contributed by atoms with Crippen LogP contribution < -0.4 is 5.32 Å². The molecule has 0 unspecified atom stereocenters. The SMILES string of the molecule is O=C(OCc1ccccc1)C1CCC(CNCc2ccccc2)CC1. The van der Waals surface area contributed by atoms with Gasteiger partial charge in [-0.3, -0.25) is 4.79 Å². The van der Waals surface area contributed by atoms with Crippen molar-refractivity contribution in [1.29, 1.82) is 0 Å². The Morgan fingerprint density at radius 2 is 1.48 bits per heavy atom. The molecule has 1 aliphatic carbocycles. The molecule has 0 radical (unpaired) electrons. The molecule has 0 aliphatic heterocycles. The Balaban J connectivity index is 1.33. The number of carbonyl (C=O) groups excluding carboxylic acids is 1. The second-order valence-corrected chi connectivity index (χ2v) is 6.93. The third-order valence-electron chi connectivity index (χ3n) is 5.01. The molecule has 3 rings (SSSR count). The fourth-order valence-electron chi connectivity index (χ4n) is 3.47. The predicted molar refractivity (Wildman–Crippen MR) is 99.8 cm³/mol. The van der Waals surface area contributed by atoms with E-state index in [1.54, 1.807) is 0 Å². The topological polar surface area (TPSA) is 38.3 Å². The standard InChI is InChI=1S/C22H27NO2/c24-22(25-17-20-9-5-2-6-10-20)21-13-11-19(12-14-21)16-23-15-18-7-3-1-4-8-18/h1-10,19,21,23H,11-17H2. The average molecular weight is 337 g/mol. The summed E-state index contributed by atoms with van der Waals surface area (Å²) in [6, 6.07) is 20.4. The lowest BCUT2D eigenvalue weighted by molar-refractivity contribution is -0.151. The van der Waals surface area contributed by atoms with Crippen molar-refractivity contribution < 1.29 is 9.53 Å². The molecule has 1 fully saturated rings. The highest BCUT2D eigenvalue weighted by atomic mass is 16.5. The van der Waals surface area contributed by atoms with Crippen LogP contribution in [0.4, 0.5) is 0 Å². The van der Waals surface area contributed by atoms with E-state index in [1.165, 1.54) is 5.56 Å². The van der Waals surface area contributed by atoms with Gasteiger partial charge in [-0.2, -0.15) is 0 Å². The summed E-state index contributed by atoms with van der Waals surface area (Å²) in [6.45, 7) is 2.33. The molecule has 0 spiro atoms. The maximum Gasteiger partial charge on any atom is 0.309 e. The lowest BCUT2D eigenvalue weighted by Crippen LogP contribution is -2.29. The van der Waals surface area contributed by atoms with Crippen LogP contribution in [0, 0.1) is 11.8 Å². The molecule has 1 saturated carbocycles. The molecule has 3 heteroatoms. The third-order valence-corrected chi connectivity index (χ3v) is 5.01. The minimum atomic E-state index is -0.0282. The Kier molecular flexibility index (Phi) is 6.63. The zero-order chi connectivity index (χ0) is 17.3. The Labute approximate surface area is 150 Å². The van der Waals surface area contributed by atoms with Gasteiger partial charge in [0.05, 0.1) is 5.92 Å². The molecule has 0 saturated heterocycles. The summed E-state index contributed by atoms with van der Waals surface area (Å²) in [5.74, 6) is 0.718. The molecule has 0 aromatic heterocycles. The summed E-state index contributed by atoms with van der Waals surface area (Å²) in [5.41, 5.74) is 2.37. The van der Waals surface area contributed by atoms with Crippen LogP contribution in [0.2, 0.25) is 0 Å². The van der Waals surface area contributed by atoms with E-state index in [2.05, 4.69) is 29.6 Å². The highest BCUT2D eigenvalue weighted by Crippen LogP contribution is 2.29. The fourth-order valence-corrected chi connectivity index (χ4v) is 3.47. The molecule has 0 atom stereocenters. The fraction of sp³-hybridized carbons (Fsp3) is 0.409. The van der Waals surface area contributed by atoms with Gasteiger partial charge in [-0.1, -0.05) is 60.7 Å². The van der Waals surface area contributed by atoms with Crippen molar-refractivity contribution in [2.75, 3.05) is 6.54 Å². The Morgan fingerprint density at radius 3 is 2.12 bits per heavy atom. The van der Waals surface area contributed by atoms with Crippen molar-refractivity contribution in [3.8, 4) is 0 Å². The first-order valence-electron chi connectivity index (χ1n) is 9.26. The van der Waals surface area contributed by atoms with Gasteiger partial charge >= 0.3 is 5.97 Å². The van der Waals surface area contributed by atoms with Crippen molar-refractivity contribution >= 4 is 5.97 Å². The molecule has 3 nitrogen and oxygen atoms in total. The van der Waals surface area contributed by atoms with E-state index in [4.69, 9.17) is 4.74 Å². The van der Waals surface area contributed by atoms with Crippen LogP contribution >= 0.6 is 0 Å². The largest absolute Gasteiger partial charge is 0.461 e. The van der Waals surface area contributed by atoms with Gasteiger partial charge in [0.15, 0.2) is 0 Å². The maximum atomic E-state index is 12.2. The molecular formula is C22H27NO2. The lowest BCUT2D eigenvalue weighted by atomic mass is 9.82. The van der Waals surface area contributed by atoms with Crippen molar-refractivity contribution in [2.45, 2.75) is 38.8 Å². The van der Waals surface area contributed by atoms with Gasteiger partial charge in [-0.05, 0) is 49.3 Å². The van der Waals surface area contributed by atoms with Crippen LogP contribution in [0.5, 0.6) is 0 Å². The second-order valence-electron chi connectivity index (χ2n) is 6.93. The van der Waals surface area contributed by atoms with E-state index in [0.717, 1.165) is 44.3 Å². The number of carbonyl (C=O) groups is 1. The average Bonchev–Trinajstić information content (AvgIpc) is 2.68. The van der Waals surface area contributed by atoms with Crippen molar-refractivity contribution in [3.05, 3.63) is 71.8 Å². The molecule has 0 bridgehead atoms. The molecule has 0 heterocycles.